The molecule has 2 fully saturated rings. The number of hydrogen-bond donors (Lipinski definition) is 0. The average Bonchev–Trinajstić information content (AvgIpc) is 2.14. The highest BCUT2D eigenvalue weighted by Crippen LogP contribution is 2.60. The normalized spacial score (nSPS) is 35.6. The highest BCUT2D eigenvalue weighted by molar-refractivity contribution is 5.03. The van der Waals surface area contributed by atoms with Crippen molar-refractivity contribution in [1.29, 1.82) is 0 Å². The Bertz CT molecular complexity index is 86.4. The summed E-state index contributed by atoms with van der Waals surface area (Å²) < 4.78 is 0. The van der Waals surface area contributed by atoms with Crippen LogP contribution in [-0.2, 0) is 5.11 Å². The summed E-state index contributed by atoms with van der Waals surface area (Å²) in [5.41, 5.74) is 0.631. The highest BCUT2D eigenvalue weighted by atomic mass is 16.3. The van der Waals surface area contributed by atoms with Crippen molar-refractivity contribution in [1.82, 2.24) is 0 Å². The van der Waals surface area contributed by atoms with Gasteiger partial charge in [-0.3, -0.25) is 0 Å². The second-order valence-electron chi connectivity index (χ2n) is 3.03. The first-order valence-corrected chi connectivity index (χ1v) is 2.97. The molecule has 39 valence electrons. The van der Waals surface area contributed by atoms with Crippen molar-refractivity contribution >= 4 is 0 Å². The van der Waals surface area contributed by atoms with Crippen LogP contribution in [0.1, 0.15) is 25.7 Å². The first-order chi connectivity index (χ1) is 3.31. The van der Waals surface area contributed by atoms with Gasteiger partial charge in [0.05, 0.1) is 6.10 Å². The molecule has 1 nitrogen and oxygen atoms in total. The minimum absolute atomic E-state index is 0.178. The Hall–Kier alpha value is -0.0400. The summed E-state index contributed by atoms with van der Waals surface area (Å²) in [6, 6.07) is 0. The van der Waals surface area contributed by atoms with Crippen LogP contribution in [0.15, 0.2) is 0 Å². The molecule has 1 spiro atoms. The van der Waals surface area contributed by atoms with E-state index in [9.17, 15) is 5.11 Å². The van der Waals surface area contributed by atoms with E-state index in [1.807, 2.05) is 0 Å². The van der Waals surface area contributed by atoms with E-state index in [-0.39, 0.29) is 6.10 Å². The van der Waals surface area contributed by atoms with Crippen LogP contribution in [0.3, 0.4) is 0 Å². The molecule has 0 bridgehead atoms. The fraction of sp³-hybridized carbons (Fsp3) is 1.00. The largest absolute Gasteiger partial charge is 0.233 e. The molecule has 0 unspecified atom stereocenters. The van der Waals surface area contributed by atoms with Gasteiger partial charge >= 0.3 is 0 Å². The molecule has 0 N–H and O–H groups in total. The summed E-state index contributed by atoms with van der Waals surface area (Å²) in [7, 11) is 0. The van der Waals surface area contributed by atoms with E-state index in [0.717, 1.165) is 12.8 Å². The average molecular weight is 97.1 g/mol. The molecule has 0 atom stereocenters. The van der Waals surface area contributed by atoms with Gasteiger partial charge in [0.15, 0.2) is 0 Å². The molecule has 2 saturated carbocycles. The minimum Gasteiger partial charge on any atom is -0.233 e. The van der Waals surface area contributed by atoms with Crippen molar-refractivity contribution in [2.24, 2.45) is 5.41 Å². The lowest BCUT2D eigenvalue weighted by molar-refractivity contribution is -0.0259. The third kappa shape index (κ3) is 0.418. The molecule has 0 aromatic rings. The predicted molar refractivity (Wildman–Crippen MR) is 25.4 cm³/mol. The van der Waals surface area contributed by atoms with Crippen LogP contribution in [0.2, 0.25) is 0 Å². The first kappa shape index (κ1) is 3.90. The molecule has 1 radical (unpaired) electrons. The van der Waals surface area contributed by atoms with Gasteiger partial charge in [0.1, 0.15) is 0 Å². The maximum absolute atomic E-state index is 10.4. The predicted octanol–water partition coefficient (Wildman–Crippen LogP) is 1.36. The van der Waals surface area contributed by atoms with Gasteiger partial charge in [-0.1, -0.05) is 0 Å². The quantitative estimate of drug-likeness (QED) is 0.435. The summed E-state index contributed by atoms with van der Waals surface area (Å²) in [5, 5.41) is 10.4. The number of rotatable bonds is 0. The maximum Gasteiger partial charge on any atom is 0.0940 e. The van der Waals surface area contributed by atoms with E-state index in [4.69, 9.17) is 0 Å². The summed E-state index contributed by atoms with van der Waals surface area (Å²) in [4.78, 5) is 0. The van der Waals surface area contributed by atoms with Gasteiger partial charge in [0.25, 0.3) is 0 Å². The first-order valence-electron chi connectivity index (χ1n) is 2.97. The van der Waals surface area contributed by atoms with E-state index < -0.39 is 0 Å². The summed E-state index contributed by atoms with van der Waals surface area (Å²) >= 11 is 0. The highest BCUT2D eigenvalue weighted by Gasteiger charge is 2.53. The van der Waals surface area contributed by atoms with E-state index in [2.05, 4.69) is 0 Å². The third-order valence-electron chi connectivity index (χ3n) is 2.28. The lowest BCUT2D eigenvalue weighted by atomic mass is 9.79. The molecule has 7 heavy (non-hydrogen) atoms. The van der Waals surface area contributed by atoms with Crippen molar-refractivity contribution < 1.29 is 5.11 Å². The van der Waals surface area contributed by atoms with Gasteiger partial charge in [-0.2, -0.15) is 0 Å². The molecule has 0 aromatic carbocycles. The van der Waals surface area contributed by atoms with Gasteiger partial charge in [-0.05, 0) is 31.1 Å². The smallest absolute Gasteiger partial charge is 0.0940 e. The Kier molecular flexibility index (Phi) is 0.487. The zero-order valence-corrected chi connectivity index (χ0v) is 4.31. The maximum atomic E-state index is 10.4. The van der Waals surface area contributed by atoms with Crippen LogP contribution in [0.4, 0.5) is 0 Å². The van der Waals surface area contributed by atoms with Crippen molar-refractivity contribution in [3.63, 3.8) is 0 Å². The van der Waals surface area contributed by atoms with Crippen LogP contribution in [0.25, 0.3) is 0 Å². The van der Waals surface area contributed by atoms with Crippen molar-refractivity contribution in [2.45, 2.75) is 31.8 Å². The molecule has 0 aromatic heterocycles. The Balaban J connectivity index is 1.97. The molecule has 2 aliphatic rings. The van der Waals surface area contributed by atoms with Gasteiger partial charge < -0.3 is 0 Å². The minimum atomic E-state index is -0.178. The fourth-order valence-electron chi connectivity index (χ4n) is 1.49. The molecule has 0 amide bonds. The Labute approximate surface area is 43.3 Å². The Morgan fingerprint density at radius 1 is 1.29 bits per heavy atom. The molecule has 0 saturated heterocycles. The Morgan fingerprint density at radius 3 is 2.00 bits per heavy atom. The number of hydrogen-bond acceptors (Lipinski definition) is 0. The van der Waals surface area contributed by atoms with E-state index >= 15 is 0 Å². The third-order valence-corrected chi connectivity index (χ3v) is 2.28. The zero-order valence-electron chi connectivity index (χ0n) is 4.31. The van der Waals surface area contributed by atoms with Gasteiger partial charge in [-0.15, -0.1) is 0 Å². The summed E-state index contributed by atoms with van der Waals surface area (Å²) in [6.07, 6.45) is 4.51. The van der Waals surface area contributed by atoms with Gasteiger partial charge in [-0.25, -0.2) is 5.11 Å². The molecule has 2 rings (SSSR count). The lowest BCUT2D eigenvalue weighted by Crippen LogP contribution is -2.28. The van der Waals surface area contributed by atoms with E-state index in [1.165, 1.54) is 12.8 Å². The summed E-state index contributed by atoms with van der Waals surface area (Å²) in [5.74, 6) is 0. The molecule has 1 heteroatoms. The SMILES string of the molecule is [O]C1CC2(CC2)C1. The van der Waals surface area contributed by atoms with Crippen LogP contribution in [0, 0.1) is 5.41 Å². The van der Waals surface area contributed by atoms with Crippen molar-refractivity contribution in [2.75, 3.05) is 0 Å². The molecular formula is C6H9O. The van der Waals surface area contributed by atoms with Gasteiger partial charge in [0.2, 0.25) is 0 Å². The lowest BCUT2D eigenvalue weighted by Gasteiger charge is -2.29. The standard InChI is InChI=1S/C6H9O/c7-5-3-6(4-5)1-2-6/h5H,1-4H2. The topological polar surface area (TPSA) is 19.9 Å². The second-order valence-corrected chi connectivity index (χ2v) is 3.03. The van der Waals surface area contributed by atoms with E-state index in [0.29, 0.717) is 5.41 Å². The van der Waals surface area contributed by atoms with E-state index in [1.54, 1.807) is 0 Å². The molecule has 2 aliphatic carbocycles. The second kappa shape index (κ2) is 0.873. The van der Waals surface area contributed by atoms with Crippen LogP contribution in [0.5, 0.6) is 0 Å². The van der Waals surface area contributed by atoms with Crippen LogP contribution < -0.4 is 0 Å². The Morgan fingerprint density at radius 2 is 1.86 bits per heavy atom. The molecule has 0 aliphatic heterocycles. The van der Waals surface area contributed by atoms with Crippen molar-refractivity contribution in [3.05, 3.63) is 0 Å². The monoisotopic (exact) mass is 97.1 g/mol. The van der Waals surface area contributed by atoms with Crippen molar-refractivity contribution in [3.8, 4) is 0 Å². The van der Waals surface area contributed by atoms with Gasteiger partial charge in [0, 0.05) is 0 Å². The molecular weight excluding hydrogens is 88.1 g/mol. The zero-order chi connectivity index (χ0) is 4.91. The fourth-order valence-corrected chi connectivity index (χ4v) is 1.49. The molecule has 0 heterocycles. The summed E-state index contributed by atoms with van der Waals surface area (Å²) in [6.45, 7) is 0. The van der Waals surface area contributed by atoms with Crippen LogP contribution in [-0.4, -0.2) is 6.10 Å². The van der Waals surface area contributed by atoms with Crippen LogP contribution >= 0.6 is 0 Å².